The summed E-state index contributed by atoms with van der Waals surface area (Å²) in [5.41, 5.74) is 11.7. The van der Waals surface area contributed by atoms with E-state index in [4.69, 9.17) is 20.3 Å². The highest BCUT2D eigenvalue weighted by molar-refractivity contribution is 6.07. The third-order valence-corrected chi connectivity index (χ3v) is 8.06. The fourth-order valence-corrected chi connectivity index (χ4v) is 5.52. The van der Waals surface area contributed by atoms with E-state index in [1.165, 1.54) is 0 Å². The summed E-state index contributed by atoms with van der Waals surface area (Å²) in [4.78, 5) is 61.4. The van der Waals surface area contributed by atoms with Gasteiger partial charge >= 0.3 is 5.97 Å². The molecule has 1 fully saturated rings. The van der Waals surface area contributed by atoms with Crippen LogP contribution < -0.4 is 11.1 Å². The van der Waals surface area contributed by atoms with Crippen molar-refractivity contribution in [2.45, 2.75) is 71.8 Å². The molecule has 0 atom stereocenters. The summed E-state index contributed by atoms with van der Waals surface area (Å²) in [6, 6.07) is 11.7. The molecule has 13 heteroatoms. The van der Waals surface area contributed by atoms with E-state index in [0.29, 0.717) is 36.0 Å². The maximum absolute atomic E-state index is 12.1. The number of nitrogen functional groups attached to an aromatic ring is 1. The molecule has 0 aliphatic carbocycles. The van der Waals surface area contributed by atoms with Crippen molar-refractivity contribution in [1.82, 2.24) is 24.9 Å². The minimum Gasteiger partial charge on any atom is -0.508 e. The summed E-state index contributed by atoms with van der Waals surface area (Å²) in [5, 5.41) is 14.1. The number of hydrogen-bond acceptors (Lipinski definition) is 10. The number of aryl methyl sites for hydroxylation is 2. The maximum atomic E-state index is 12.1. The number of carbonyl (C=O) groups is 4. The Morgan fingerprint density at radius 1 is 1.00 bits per heavy atom. The summed E-state index contributed by atoms with van der Waals surface area (Å²) in [6.07, 6.45) is 3.10. The Morgan fingerprint density at radius 3 is 2.51 bits per heavy atom. The number of imide groups is 1. The summed E-state index contributed by atoms with van der Waals surface area (Å²) in [6.45, 7) is 5.58. The van der Waals surface area contributed by atoms with Gasteiger partial charge in [0, 0.05) is 44.2 Å². The van der Waals surface area contributed by atoms with Gasteiger partial charge in [0.05, 0.1) is 30.7 Å². The van der Waals surface area contributed by atoms with E-state index < -0.39 is 17.8 Å². The Kier molecular flexibility index (Phi) is 10.7. The van der Waals surface area contributed by atoms with E-state index in [9.17, 15) is 24.3 Å². The SMILES string of the molecule is CCCCc1nc2c(N)nc3cc(CCOCCNC(=O)CCC(=O)ON4C(=O)CCC4=O)ccc3c2n1Cc1ccc(O)c(C)c1. The van der Waals surface area contributed by atoms with E-state index in [2.05, 4.69) is 21.8 Å². The van der Waals surface area contributed by atoms with Crippen LogP contribution in [0, 0.1) is 6.92 Å². The number of phenolic OH excluding ortho intramolecular Hbond substituents is 1. The smallest absolute Gasteiger partial charge is 0.333 e. The number of rotatable bonds is 15. The summed E-state index contributed by atoms with van der Waals surface area (Å²) in [7, 11) is 0. The third kappa shape index (κ3) is 8.04. The predicted octanol–water partition coefficient (Wildman–Crippen LogP) is 3.63. The van der Waals surface area contributed by atoms with Gasteiger partial charge in [-0.05, 0) is 48.6 Å². The monoisotopic (exact) mass is 644 g/mol. The summed E-state index contributed by atoms with van der Waals surface area (Å²) < 4.78 is 7.93. The van der Waals surface area contributed by atoms with Crippen LogP contribution in [0.1, 0.15) is 68.0 Å². The highest BCUT2D eigenvalue weighted by Crippen LogP contribution is 2.31. The molecule has 0 saturated carbocycles. The van der Waals surface area contributed by atoms with E-state index in [1.54, 1.807) is 6.07 Å². The molecule has 4 aromatic rings. The maximum Gasteiger partial charge on any atom is 0.333 e. The topological polar surface area (TPSA) is 179 Å². The van der Waals surface area contributed by atoms with Crippen molar-refractivity contribution in [2.75, 3.05) is 25.5 Å². The minimum absolute atomic E-state index is 0.0116. The average Bonchev–Trinajstić information content (AvgIpc) is 3.57. The van der Waals surface area contributed by atoms with E-state index in [-0.39, 0.29) is 50.5 Å². The van der Waals surface area contributed by atoms with E-state index in [0.717, 1.165) is 58.2 Å². The molecule has 1 saturated heterocycles. The first kappa shape index (κ1) is 33.3. The number of imidazole rings is 1. The van der Waals surface area contributed by atoms with Gasteiger partial charge in [0.1, 0.15) is 17.1 Å². The number of hydrogen-bond donors (Lipinski definition) is 3. The van der Waals surface area contributed by atoms with Crippen LogP contribution in [0.15, 0.2) is 36.4 Å². The van der Waals surface area contributed by atoms with Crippen molar-refractivity contribution < 1.29 is 33.9 Å². The van der Waals surface area contributed by atoms with Crippen molar-refractivity contribution in [3.63, 3.8) is 0 Å². The molecule has 4 N–H and O–H groups in total. The molecule has 0 radical (unpaired) electrons. The number of unbranched alkanes of at least 4 members (excludes halogenated alkanes) is 1. The van der Waals surface area contributed by atoms with Gasteiger partial charge in [-0.2, -0.15) is 0 Å². The molecule has 0 spiro atoms. The summed E-state index contributed by atoms with van der Waals surface area (Å²) in [5.74, 6) is -0.717. The van der Waals surface area contributed by atoms with Crippen molar-refractivity contribution in [2.24, 2.45) is 0 Å². The summed E-state index contributed by atoms with van der Waals surface area (Å²) >= 11 is 0. The van der Waals surface area contributed by atoms with Gasteiger partial charge < -0.3 is 30.3 Å². The second kappa shape index (κ2) is 15.0. The minimum atomic E-state index is -0.818. The Bertz CT molecular complexity index is 1800. The molecule has 2 aromatic carbocycles. The predicted molar refractivity (Wildman–Crippen MR) is 174 cm³/mol. The first-order chi connectivity index (χ1) is 22.6. The molecule has 1 aliphatic heterocycles. The Hall–Kier alpha value is -5.04. The van der Waals surface area contributed by atoms with Crippen LogP contribution in [0.3, 0.4) is 0 Å². The number of nitrogens with zero attached hydrogens (tertiary/aromatic N) is 4. The van der Waals surface area contributed by atoms with Crippen LogP contribution >= 0.6 is 0 Å². The second-order valence-electron chi connectivity index (χ2n) is 11.6. The van der Waals surface area contributed by atoms with Crippen LogP contribution in [0.5, 0.6) is 5.75 Å². The van der Waals surface area contributed by atoms with Crippen LogP contribution in [-0.2, 0) is 48.1 Å². The van der Waals surface area contributed by atoms with Crippen LogP contribution in [0.25, 0.3) is 21.9 Å². The molecular formula is C34H40N6O7. The Balaban J connectivity index is 1.16. The zero-order chi connectivity index (χ0) is 33.5. The number of fused-ring (bicyclic) bond motifs is 3. The van der Waals surface area contributed by atoms with Crippen molar-refractivity contribution in [1.29, 1.82) is 0 Å². The van der Waals surface area contributed by atoms with Gasteiger partial charge in [-0.25, -0.2) is 14.8 Å². The van der Waals surface area contributed by atoms with Crippen molar-refractivity contribution >= 4 is 51.4 Å². The van der Waals surface area contributed by atoms with E-state index in [1.807, 2.05) is 37.3 Å². The number of anilines is 1. The number of pyridine rings is 1. The molecule has 3 amide bonds. The third-order valence-electron chi connectivity index (χ3n) is 8.06. The number of benzene rings is 2. The lowest BCUT2D eigenvalue weighted by molar-refractivity contribution is -0.197. The molecule has 3 heterocycles. The quantitative estimate of drug-likeness (QED) is 0.128. The van der Waals surface area contributed by atoms with Crippen LogP contribution in [0.2, 0.25) is 0 Å². The van der Waals surface area contributed by atoms with Gasteiger partial charge in [-0.3, -0.25) is 14.4 Å². The largest absolute Gasteiger partial charge is 0.508 e. The number of hydroxylamine groups is 2. The van der Waals surface area contributed by atoms with Gasteiger partial charge in [-0.15, -0.1) is 5.06 Å². The lowest BCUT2D eigenvalue weighted by atomic mass is 10.1. The first-order valence-electron chi connectivity index (χ1n) is 15.9. The molecule has 0 unspecified atom stereocenters. The Labute approximate surface area is 272 Å². The van der Waals surface area contributed by atoms with Crippen LogP contribution in [0.4, 0.5) is 5.82 Å². The van der Waals surface area contributed by atoms with Gasteiger partial charge in [0.2, 0.25) is 5.91 Å². The van der Waals surface area contributed by atoms with Crippen LogP contribution in [-0.4, -0.2) is 68.2 Å². The molecule has 248 valence electrons. The fraction of sp³-hybridized carbons (Fsp3) is 0.412. The lowest BCUT2D eigenvalue weighted by Gasteiger charge is -2.13. The zero-order valence-corrected chi connectivity index (χ0v) is 26.7. The number of ether oxygens (including phenoxy) is 1. The molecular weight excluding hydrogens is 604 g/mol. The zero-order valence-electron chi connectivity index (χ0n) is 26.7. The normalized spacial score (nSPS) is 13.2. The highest BCUT2D eigenvalue weighted by atomic mass is 16.7. The van der Waals surface area contributed by atoms with Gasteiger partial charge in [-0.1, -0.05) is 37.6 Å². The van der Waals surface area contributed by atoms with Crippen molar-refractivity contribution in [3.8, 4) is 5.75 Å². The number of nitrogens with one attached hydrogen (secondary N) is 1. The lowest BCUT2D eigenvalue weighted by Crippen LogP contribution is -2.33. The molecule has 1 aliphatic rings. The number of aromatic hydroxyl groups is 1. The highest BCUT2D eigenvalue weighted by Gasteiger charge is 2.32. The molecule has 47 heavy (non-hydrogen) atoms. The average molecular weight is 645 g/mol. The van der Waals surface area contributed by atoms with Crippen molar-refractivity contribution in [3.05, 3.63) is 58.9 Å². The number of amides is 3. The fourth-order valence-electron chi connectivity index (χ4n) is 5.52. The number of carbonyl (C=O) groups excluding carboxylic acids is 4. The first-order valence-corrected chi connectivity index (χ1v) is 15.9. The van der Waals surface area contributed by atoms with E-state index >= 15 is 0 Å². The molecule has 13 nitrogen and oxygen atoms in total. The van der Waals surface area contributed by atoms with Gasteiger partial charge in [0.15, 0.2) is 5.82 Å². The second-order valence-corrected chi connectivity index (χ2v) is 11.6. The molecule has 0 bridgehead atoms. The number of nitrogens with two attached hydrogens (primary N) is 1. The molecule has 5 rings (SSSR count). The Morgan fingerprint density at radius 2 is 1.77 bits per heavy atom. The van der Waals surface area contributed by atoms with Gasteiger partial charge in [0.25, 0.3) is 11.8 Å². The standard InChI is InChI=1S/C34H40N6O7/c1-3-4-5-27-38-32-33(39(27)20-23-7-9-26(41)21(2)18-23)24-8-6-22(19-25(24)37-34(32)35)14-16-46-17-15-36-28(42)10-13-31(45)47-40-29(43)11-12-30(40)44/h6-9,18-19,41H,3-5,10-17,20H2,1-2H3,(H2,35,37)(H,36,42). The molecule has 2 aromatic heterocycles. The number of phenols is 1. The number of aromatic nitrogens is 3.